The molecule has 4 amide bonds. The number of ether oxygens (including phenoxy) is 5. The lowest BCUT2D eigenvalue weighted by Gasteiger charge is -2.57. The van der Waals surface area contributed by atoms with Crippen LogP contribution in [0.5, 0.6) is 17.2 Å². The standard InChI is InChI=1S/C36H54N4O9Si/c1-34(2,3)48-32(43)39(33(44)49-35(4,5)6)28-18-22(15-16-37-28)17-24-29(40(31(24)42)50(13,14)36(7,8)9)30(41)38-21-25-26(46-11)19-23(45-10)20-27(25)47-12/h15-16,18-20,24,29H,17,21H2,1-14H3,(H,38,41)/t24?,29-/m0/s1. The molecule has 2 heterocycles. The highest BCUT2D eigenvalue weighted by atomic mass is 28.3. The van der Waals surface area contributed by atoms with Gasteiger partial charge in [-0.25, -0.2) is 14.6 Å². The Morgan fingerprint density at radius 1 is 0.860 bits per heavy atom. The summed E-state index contributed by atoms with van der Waals surface area (Å²) in [6, 6.07) is 5.87. The molecule has 0 saturated carbocycles. The van der Waals surface area contributed by atoms with Crippen LogP contribution in [0.1, 0.15) is 73.4 Å². The topological polar surface area (TPSA) is 146 Å². The summed E-state index contributed by atoms with van der Waals surface area (Å²) in [5.41, 5.74) is -0.591. The van der Waals surface area contributed by atoms with E-state index >= 15 is 0 Å². The Labute approximate surface area is 297 Å². The van der Waals surface area contributed by atoms with Crippen molar-refractivity contribution in [1.29, 1.82) is 0 Å². The van der Waals surface area contributed by atoms with Gasteiger partial charge in [-0.05, 0) is 70.7 Å². The molecular formula is C36H54N4O9Si. The van der Waals surface area contributed by atoms with Crippen molar-refractivity contribution in [2.75, 3.05) is 26.2 Å². The molecule has 1 aromatic carbocycles. The van der Waals surface area contributed by atoms with Gasteiger partial charge >= 0.3 is 12.2 Å². The molecule has 1 aromatic heterocycles. The first kappa shape index (κ1) is 40.1. The van der Waals surface area contributed by atoms with Gasteiger partial charge in [0.2, 0.25) is 11.8 Å². The van der Waals surface area contributed by atoms with E-state index < -0.39 is 43.6 Å². The summed E-state index contributed by atoms with van der Waals surface area (Å²) in [5, 5.41) is 2.79. The second kappa shape index (κ2) is 14.9. The van der Waals surface area contributed by atoms with E-state index in [0.717, 1.165) is 4.90 Å². The van der Waals surface area contributed by atoms with E-state index in [9.17, 15) is 19.2 Å². The minimum Gasteiger partial charge on any atom is -0.496 e. The van der Waals surface area contributed by atoms with Crippen LogP contribution in [-0.4, -0.2) is 80.4 Å². The van der Waals surface area contributed by atoms with Gasteiger partial charge in [0.1, 0.15) is 40.3 Å². The van der Waals surface area contributed by atoms with Crippen LogP contribution in [0.25, 0.3) is 0 Å². The second-order valence-electron chi connectivity index (χ2n) is 15.8. The molecule has 14 heteroatoms. The van der Waals surface area contributed by atoms with Crippen molar-refractivity contribution in [2.45, 2.75) is 111 Å². The molecule has 2 aromatic rings. The molecule has 0 aliphatic carbocycles. The van der Waals surface area contributed by atoms with Crippen molar-refractivity contribution >= 4 is 38.1 Å². The number of β-lactam (4-membered cyclic amide) rings is 1. The predicted octanol–water partition coefficient (Wildman–Crippen LogP) is 6.48. The van der Waals surface area contributed by atoms with Crippen LogP contribution < -0.4 is 24.4 Å². The van der Waals surface area contributed by atoms with Crippen LogP contribution in [0.4, 0.5) is 15.4 Å². The van der Waals surface area contributed by atoms with Crippen molar-refractivity contribution in [3.63, 3.8) is 0 Å². The number of nitrogens with zero attached hydrogens (tertiary/aromatic N) is 3. The Hall–Kier alpha value is -4.33. The largest absolute Gasteiger partial charge is 0.496 e. The van der Waals surface area contributed by atoms with Crippen molar-refractivity contribution in [1.82, 2.24) is 14.9 Å². The maximum atomic E-state index is 14.1. The van der Waals surface area contributed by atoms with Gasteiger partial charge in [-0.2, -0.15) is 4.90 Å². The molecule has 0 radical (unpaired) electrons. The summed E-state index contributed by atoms with van der Waals surface area (Å²) in [5.74, 6) is 0.301. The second-order valence-corrected chi connectivity index (χ2v) is 20.9. The predicted molar refractivity (Wildman–Crippen MR) is 192 cm³/mol. The molecule has 1 N–H and O–H groups in total. The number of benzene rings is 1. The number of amides is 4. The molecule has 0 bridgehead atoms. The van der Waals surface area contributed by atoms with Crippen LogP contribution in [0.3, 0.4) is 0 Å². The van der Waals surface area contributed by atoms with E-state index in [-0.39, 0.29) is 35.6 Å². The average Bonchev–Trinajstić information content (AvgIpc) is 2.98. The van der Waals surface area contributed by atoms with Crippen LogP contribution in [0.15, 0.2) is 30.5 Å². The minimum absolute atomic E-state index is 0.0290. The van der Waals surface area contributed by atoms with E-state index in [1.807, 2.05) is 0 Å². The average molecular weight is 715 g/mol. The SMILES string of the molecule is COc1cc(OC)c(CNC(=O)[C@@H]2C(Cc3ccnc(N(C(=O)OC(C)(C)C)C(=O)OC(C)(C)C)c3)C(=O)N2[Si](C)(C)C(C)(C)C)c(OC)c1. The summed E-state index contributed by atoms with van der Waals surface area (Å²) in [4.78, 5) is 59.7. The maximum Gasteiger partial charge on any atom is 0.425 e. The Balaban J connectivity index is 2.00. The zero-order valence-electron chi connectivity index (χ0n) is 32.0. The van der Waals surface area contributed by atoms with Crippen LogP contribution in [0.2, 0.25) is 18.1 Å². The van der Waals surface area contributed by atoms with Crippen LogP contribution >= 0.6 is 0 Å². The van der Waals surface area contributed by atoms with Gasteiger partial charge in [0, 0.05) is 18.3 Å². The number of carbonyl (C=O) groups excluding carboxylic acids is 4. The monoisotopic (exact) mass is 714 g/mol. The number of anilines is 1. The lowest BCUT2D eigenvalue weighted by Crippen LogP contribution is -2.76. The highest BCUT2D eigenvalue weighted by Gasteiger charge is 2.59. The molecule has 3 rings (SSSR count). The number of rotatable bonds is 10. The Bertz CT molecular complexity index is 1540. The number of hydrogen-bond acceptors (Lipinski definition) is 10. The lowest BCUT2D eigenvalue weighted by molar-refractivity contribution is -0.155. The van der Waals surface area contributed by atoms with Crippen LogP contribution in [0, 0.1) is 5.92 Å². The number of pyridine rings is 1. The van der Waals surface area contributed by atoms with Crippen molar-refractivity contribution < 1.29 is 42.9 Å². The number of nitrogens with one attached hydrogen (secondary N) is 1. The highest BCUT2D eigenvalue weighted by molar-refractivity contribution is 6.80. The number of methoxy groups -OCH3 is 3. The van der Waals surface area contributed by atoms with Gasteiger partial charge in [0.05, 0.1) is 39.4 Å². The fourth-order valence-corrected chi connectivity index (χ4v) is 7.84. The van der Waals surface area contributed by atoms with Gasteiger partial charge in [-0.1, -0.05) is 33.9 Å². The highest BCUT2D eigenvalue weighted by Crippen LogP contribution is 2.46. The first-order valence-electron chi connectivity index (χ1n) is 16.6. The Kier molecular flexibility index (Phi) is 11.9. The first-order valence-corrected chi connectivity index (χ1v) is 19.5. The molecular weight excluding hydrogens is 661 g/mol. The molecule has 2 atom stereocenters. The van der Waals surface area contributed by atoms with Gasteiger partial charge in [-0.3, -0.25) is 9.59 Å². The Morgan fingerprint density at radius 3 is 1.82 bits per heavy atom. The number of aromatic nitrogens is 1. The third-order valence-corrected chi connectivity index (χ3v) is 14.2. The summed E-state index contributed by atoms with van der Waals surface area (Å²) in [6.45, 7) is 20.6. The van der Waals surface area contributed by atoms with Crippen molar-refractivity contribution in [2.24, 2.45) is 5.92 Å². The van der Waals surface area contributed by atoms with Gasteiger partial charge in [0.25, 0.3) is 0 Å². The molecule has 1 unspecified atom stereocenters. The molecule has 276 valence electrons. The number of carbonyl (C=O) groups is 4. The van der Waals surface area contributed by atoms with E-state index in [0.29, 0.717) is 28.4 Å². The first-order chi connectivity index (χ1) is 23.0. The fourth-order valence-electron chi connectivity index (χ4n) is 5.40. The molecule has 13 nitrogen and oxygen atoms in total. The zero-order valence-corrected chi connectivity index (χ0v) is 33.0. The van der Waals surface area contributed by atoms with E-state index in [1.54, 1.807) is 64.3 Å². The van der Waals surface area contributed by atoms with Gasteiger partial charge in [0.15, 0.2) is 8.24 Å². The molecule has 1 aliphatic rings. The molecule has 1 saturated heterocycles. The number of hydrogen-bond donors (Lipinski definition) is 1. The third-order valence-electron chi connectivity index (χ3n) is 8.82. The zero-order chi connectivity index (χ0) is 38.0. The van der Waals surface area contributed by atoms with E-state index in [1.165, 1.54) is 33.6 Å². The van der Waals surface area contributed by atoms with E-state index in [2.05, 4.69) is 44.2 Å². The summed E-state index contributed by atoms with van der Waals surface area (Å²) in [6.07, 6.45) is -0.314. The maximum absolute atomic E-state index is 14.1. The quantitative estimate of drug-likeness (QED) is 0.215. The molecule has 1 aliphatic heterocycles. The normalized spacial score (nSPS) is 16.6. The molecule has 0 spiro atoms. The minimum atomic E-state index is -2.52. The molecule has 50 heavy (non-hydrogen) atoms. The lowest BCUT2D eigenvalue weighted by atomic mass is 9.84. The van der Waals surface area contributed by atoms with Gasteiger partial charge < -0.3 is 33.6 Å². The summed E-state index contributed by atoms with van der Waals surface area (Å²) in [7, 11) is 2.07. The summed E-state index contributed by atoms with van der Waals surface area (Å²) >= 11 is 0. The van der Waals surface area contributed by atoms with Gasteiger partial charge in [-0.15, -0.1) is 0 Å². The van der Waals surface area contributed by atoms with Crippen molar-refractivity contribution in [3.05, 3.63) is 41.6 Å². The third kappa shape index (κ3) is 9.06. The van der Waals surface area contributed by atoms with Crippen molar-refractivity contribution in [3.8, 4) is 17.2 Å². The van der Waals surface area contributed by atoms with Crippen LogP contribution in [-0.2, 0) is 32.0 Å². The Morgan fingerprint density at radius 2 is 1.38 bits per heavy atom. The number of imide groups is 1. The smallest absolute Gasteiger partial charge is 0.425 e. The summed E-state index contributed by atoms with van der Waals surface area (Å²) < 4.78 is 29.3. The molecule has 1 fully saturated rings. The van der Waals surface area contributed by atoms with E-state index in [4.69, 9.17) is 23.7 Å². The fraction of sp³-hybridized carbons (Fsp3) is 0.583.